The summed E-state index contributed by atoms with van der Waals surface area (Å²) in [5, 5.41) is 10.2. The van der Waals surface area contributed by atoms with Crippen LogP contribution in [0.2, 0.25) is 0 Å². The van der Waals surface area contributed by atoms with Crippen LogP contribution in [0.1, 0.15) is 49.5 Å². The highest BCUT2D eigenvalue weighted by Gasteiger charge is 2.41. The molecule has 1 aliphatic heterocycles. The van der Waals surface area contributed by atoms with E-state index in [0.29, 0.717) is 35.5 Å². The standard InChI is InChI=1S/C24H24FN3OS2/c1-3-16-12-17(24(31-16)30-4-2)21-18(13-26)23(27)28(15-10-8-14(25)9-11-15)19-6-5-7-20(29)22(19)21/h8-12,21H,3-7,27H2,1-2H3/t21-/m0/s1. The van der Waals surface area contributed by atoms with Crippen molar-refractivity contribution in [2.45, 2.75) is 49.7 Å². The number of Topliss-reactive ketones (excluding diaryl/α,β-unsaturated/α-hetero) is 1. The molecule has 160 valence electrons. The van der Waals surface area contributed by atoms with Gasteiger partial charge in [0.1, 0.15) is 11.6 Å². The van der Waals surface area contributed by atoms with Gasteiger partial charge in [-0.2, -0.15) is 5.26 Å². The summed E-state index contributed by atoms with van der Waals surface area (Å²) < 4.78 is 14.7. The Bertz CT molecular complexity index is 1120. The second-order valence-electron chi connectivity index (χ2n) is 7.53. The van der Waals surface area contributed by atoms with E-state index in [9.17, 15) is 14.4 Å². The van der Waals surface area contributed by atoms with Crippen LogP contribution in [-0.4, -0.2) is 11.5 Å². The summed E-state index contributed by atoms with van der Waals surface area (Å²) in [6, 6.07) is 10.5. The van der Waals surface area contributed by atoms with Gasteiger partial charge in [0.15, 0.2) is 5.78 Å². The Morgan fingerprint density at radius 2 is 2.03 bits per heavy atom. The first-order valence-electron chi connectivity index (χ1n) is 10.5. The van der Waals surface area contributed by atoms with Crippen molar-refractivity contribution in [1.82, 2.24) is 0 Å². The first-order valence-corrected chi connectivity index (χ1v) is 12.3. The number of aryl methyl sites for hydroxylation is 1. The minimum Gasteiger partial charge on any atom is -0.384 e. The van der Waals surface area contributed by atoms with Gasteiger partial charge in [0.05, 0.1) is 21.8 Å². The van der Waals surface area contributed by atoms with Gasteiger partial charge in [-0.25, -0.2) is 4.39 Å². The fourth-order valence-corrected chi connectivity index (χ4v) is 6.72. The normalized spacial score (nSPS) is 19.0. The van der Waals surface area contributed by atoms with Gasteiger partial charge in [-0.15, -0.1) is 23.1 Å². The molecule has 0 bridgehead atoms. The van der Waals surface area contributed by atoms with Crippen LogP contribution in [0.4, 0.5) is 10.1 Å². The Hall–Kier alpha value is -2.56. The monoisotopic (exact) mass is 453 g/mol. The van der Waals surface area contributed by atoms with E-state index >= 15 is 0 Å². The molecule has 1 aliphatic carbocycles. The number of benzene rings is 1. The molecule has 4 nitrogen and oxygen atoms in total. The molecule has 0 amide bonds. The predicted molar refractivity (Wildman–Crippen MR) is 124 cm³/mol. The van der Waals surface area contributed by atoms with E-state index in [1.54, 1.807) is 40.1 Å². The first-order chi connectivity index (χ1) is 15.0. The third-order valence-corrected chi connectivity index (χ3v) is 8.19. The van der Waals surface area contributed by atoms with Crippen LogP contribution in [-0.2, 0) is 11.2 Å². The average molecular weight is 454 g/mol. The third kappa shape index (κ3) is 3.79. The van der Waals surface area contributed by atoms with Gasteiger partial charge in [-0.3, -0.25) is 9.69 Å². The average Bonchev–Trinajstić information content (AvgIpc) is 3.17. The zero-order valence-electron chi connectivity index (χ0n) is 17.6. The van der Waals surface area contributed by atoms with Gasteiger partial charge in [-0.1, -0.05) is 13.8 Å². The Labute approximate surface area is 190 Å². The van der Waals surface area contributed by atoms with Crippen molar-refractivity contribution < 1.29 is 9.18 Å². The van der Waals surface area contributed by atoms with Crippen molar-refractivity contribution in [2.24, 2.45) is 5.73 Å². The highest BCUT2D eigenvalue weighted by atomic mass is 32.2. The number of carbonyl (C=O) groups excluding carboxylic acids is 1. The van der Waals surface area contributed by atoms with E-state index < -0.39 is 5.92 Å². The Balaban J connectivity index is 1.96. The number of thiophene rings is 1. The maximum atomic E-state index is 13.5. The number of rotatable bonds is 5. The summed E-state index contributed by atoms with van der Waals surface area (Å²) in [6.07, 6.45) is 2.79. The fourth-order valence-electron chi connectivity index (χ4n) is 4.34. The SMILES string of the molecule is CCSc1sc(CC)cc1[C@H]1C(C#N)=C(N)N(c2ccc(F)cc2)C2=C1C(=O)CCC2. The zero-order chi connectivity index (χ0) is 22.1. The van der Waals surface area contributed by atoms with Crippen molar-refractivity contribution in [3.63, 3.8) is 0 Å². The van der Waals surface area contributed by atoms with Crippen molar-refractivity contribution in [3.05, 3.63) is 69.3 Å². The topological polar surface area (TPSA) is 70.1 Å². The van der Waals surface area contributed by atoms with E-state index in [1.807, 2.05) is 0 Å². The Kier molecular flexibility index (Phi) is 6.22. The van der Waals surface area contributed by atoms with E-state index in [1.165, 1.54) is 17.0 Å². The van der Waals surface area contributed by atoms with E-state index in [-0.39, 0.29) is 11.6 Å². The molecule has 2 aliphatic rings. The molecule has 0 unspecified atom stereocenters. The summed E-state index contributed by atoms with van der Waals surface area (Å²) in [5.41, 5.74) is 10.1. The molecule has 1 aromatic heterocycles. The molecule has 0 radical (unpaired) electrons. The van der Waals surface area contributed by atoms with Crippen LogP contribution in [0.5, 0.6) is 0 Å². The molecular formula is C24H24FN3OS2. The predicted octanol–water partition coefficient (Wildman–Crippen LogP) is 5.87. The molecular weight excluding hydrogens is 429 g/mol. The minimum atomic E-state index is -0.449. The first kappa shape index (κ1) is 21.7. The molecule has 0 spiro atoms. The highest BCUT2D eigenvalue weighted by molar-refractivity contribution is 8.01. The van der Waals surface area contributed by atoms with Gasteiger partial charge < -0.3 is 5.73 Å². The van der Waals surface area contributed by atoms with Crippen LogP contribution in [0.15, 0.2) is 57.2 Å². The lowest BCUT2D eigenvalue weighted by atomic mass is 9.76. The molecule has 1 aromatic carbocycles. The van der Waals surface area contributed by atoms with Crippen molar-refractivity contribution >= 4 is 34.6 Å². The van der Waals surface area contributed by atoms with Gasteiger partial charge in [0.25, 0.3) is 0 Å². The molecule has 0 saturated heterocycles. The number of hydrogen-bond acceptors (Lipinski definition) is 6. The second-order valence-corrected chi connectivity index (χ2v) is 10.2. The molecule has 2 heterocycles. The molecule has 1 atom stereocenters. The van der Waals surface area contributed by atoms with Crippen LogP contribution in [0.3, 0.4) is 0 Å². The van der Waals surface area contributed by atoms with Crippen molar-refractivity contribution in [3.8, 4) is 6.07 Å². The molecule has 0 saturated carbocycles. The number of hydrogen-bond donors (Lipinski definition) is 1. The number of allylic oxidation sites excluding steroid dienone is 3. The van der Waals surface area contributed by atoms with Crippen LogP contribution < -0.4 is 10.6 Å². The summed E-state index contributed by atoms with van der Waals surface area (Å²) >= 11 is 3.47. The van der Waals surface area contributed by atoms with Crippen molar-refractivity contribution in [2.75, 3.05) is 10.7 Å². The number of carbonyl (C=O) groups is 1. The maximum Gasteiger partial charge on any atom is 0.161 e. The van der Waals surface area contributed by atoms with Gasteiger partial charge in [0.2, 0.25) is 0 Å². The minimum absolute atomic E-state index is 0.0651. The number of nitrogens with zero attached hydrogens (tertiary/aromatic N) is 2. The number of ketones is 1. The molecule has 7 heteroatoms. The molecule has 2 N–H and O–H groups in total. The quantitative estimate of drug-likeness (QED) is 0.574. The lowest BCUT2D eigenvalue weighted by molar-refractivity contribution is -0.116. The summed E-state index contributed by atoms with van der Waals surface area (Å²) in [5.74, 6) is 0.503. The van der Waals surface area contributed by atoms with Gasteiger partial charge in [0, 0.05) is 28.3 Å². The number of halogens is 1. The lowest BCUT2D eigenvalue weighted by Gasteiger charge is -2.39. The Morgan fingerprint density at radius 1 is 1.29 bits per heavy atom. The van der Waals surface area contributed by atoms with Crippen LogP contribution >= 0.6 is 23.1 Å². The number of nitriles is 1. The number of thioether (sulfide) groups is 1. The fraction of sp³-hybridized carbons (Fsp3) is 0.333. The largest absolute Gasteiger partial charge is 0.384 e. The van der Waals surface area contributed by atoms with E-state index in [4.69, 9.17) is 5.73 Å². The van der Waals surface area contributed by atoms with Crippen molar-refractivity contribution in [1.29, 1.82) is 5.26 Å². The molecule has 4 rings (SSSR count). The molecule has 2 aromatic rings. The Morgan fingerprint density at radius 3 is 2.68 bits per heavy atom. The summed E-state index contributed by atoms with van der Waals surface area (Å²) in [7, 11) is 0. The highest BCUT2D eigenvalue weighted by Crippen LogP contribution is 2.49. The van der Waals surface area contributed by atoms with Gasteiger partial charge in [-0.05, 0) is 60.9 Å². The van der Waals surface area contributed by atoms with Gasteiger partial charge >= 0.3 is 0 Å². The maximum absolute atomic E-state index is 13.5. The number of anilines is 1. The number of nitrogens with two attached hydrogens (primary N) is 1. The lowest BCUT2D eigenvalue weighted by Crippen LogP contribution is -2.38. The third-order valence-electron chi connectivity index (χ3n) is 5.71. The van der Waals surface area contributed by atoms with Crippen LogP contribution in [0, 0.1) is 17.1 Å². The molecule has 0 fully saturated rings. The zero-order valence-corrected chi connectivity index (χ0v) is 19.2. The van der Waals surface area contributed by atoms with E-state index in [2.05, 4.69) is 26.0 Å². The molecule has 31 heavy (non-hydrogen) atoms. The summed E-state index contributed by atoms with van der Waals surface area (Å²) in [4.78, 5) is 16.2. The smallest absolute Gasteiger partial charge is 0.161 e. The summed E-state index contributed by atoms with van der Waals surface area (Å²) in [6.45, 7) is 4.21. The van der Waals surface area contributed by atoms with Crippen LogP contribution in [0.25, 0.3) is 0 Å². The second kappa shape index (κ2) is 8.89. The van der Waals surface area contributed by atoms with E-state index in [0.717, 1.165) is 34.1 Å².